The number of allylic oxidation sites excluding steroid dienone is 3. The van der Waals surface area contributed by atoms with E-state index in [1.54, 1.807) is 7.11 Å². The predicted molar refractivity (Wildman–Crippen MR) is 133 cm³/mol. The highest BCUT2D eigenvalue weighted by atomic mass is 16.5. The van der Waals surface area contributed by atoms with Crippen LogP contribution < -0.4 is 4.90 Å². The second-order valence-corrected chi connectivity index (χ2v) is 9.32. The minimum absolute atomic E-state index is 0.0244. The Morgan fingerprint density at radius 1 is 1.29 bits per heavy atom. The van der Waals surface area contributed by atoms with Crippen molar-refractivity contribution in [1.82, 2.24) is 9.78 Å². The van der Waals surface area contributed by atoms with E-state index in [0.717, 1.165) is 60.3 Å². The Hall–Kier alpha value is -2.93. The number of carbonyl (C=O) groups is 2. The third kappa shape index (κ3) is 4.67. The largest absolute Gasteiger partial charge is 0.496 e. The van der Waals surface area contributed by atoms with Crippen LogP contribution in [0.5, 0.6) is 0 Å². The molecule has 7 nitrogen and oxygen atoms in total. The molecule has 0 atom stereocenters. The maximum Gasteiger partial charge on any atom is 0.166 e. The topological polar surface area (TPSA) is 73.7 Å². The van der Waals surface area contributed by atoms with Crippen LogP contribution in [-0.4, -0.2) is 54.3 Å². The van der Waals surface area contributed by atoms with Crippen LogP contribution >= 0.6 is 0 Å². The summed E-state index contributed by atoms with van der Waals surface area (Å²) in [6.45, 7) is 8.48. The number of aryl methyl sites for hydroxylation is 1. The van der Waals surface area contributed by atoms with E-state index in [1.807, 2.05) is 43.9 Å². The molecule has 182 valence electrons. The zero-order valence-electron chi connectivity index (χ0n) is 20.9. The maximum absolute atomic E-state index is 13.5. The van der Waals surface area contributed by atoms with Gasteiger partial charge in [0, 0.05) is 68.4 Å². The number of rotatable bonds is 8. The van der Waals surface area contributed by atoms with E-state index >= 15 is 0 Å². The first-order chi connectivity index (χ1) is 16.3. The van der Waals surface area contributed by atoms with Gasteiger partial charge in [0.05, 0.1) is 18.3 Å². The number of ketones is 2. The highest BCUT2D eigenvalue weighted by molar-refractivity contribution is 6.06. The molecule has 2 heterocycles. The molecule has 2 aliphatic rings. The Balaban J connectivity index is 1.69. The minimum Gasteiger partial charge on any atom is -0.496 e. The second-order valence-electron chi connectivity index (χ2n) is 9.32. The lowest BCUT2D eigenvalue weighted by molar-refractivity contribution is -0.115. The summed E-state index contributed by atoms with van der Waals surface area (Å²) in [6.07, 6.45) is 6.89. The molecule has 1 fully saturated rings. The molecular formula is C27H35N3O4. The summed E-state index contributed by atoms with van der Waals surface area (Å²) in [5.41, 5.74) is 5.15. The second kappa shape index (κ2) is 10.1. The van der Waals surface area contributed by atoms with Gasteiger partial charge >= 0.3 is 0 Å². The van der Waals surface area contributed by atoms with Crippen LogP contribution in [0.15, 0.2) is 35.2 Å². The Labute approximate surface area is 201 Å². The smallest absolute Gasteiger partial charge is 0.166 e. The molecule has 1 aliphatic carbocycles. The molecule has 7 heteroatoms. The lowest BCUT2D eigenvalue weighted by Gasteiger charge is -2.37. The molecule has 0 bridgehead atoms. The molecule has 1 aromatic heterocycles. The van der Waals surface area contributed by atoms with Crippen LogP contribution in [0.3, 0.4) is 0 Å². The van der Waals surface area contributed by atoms with Crippen molar-refractivity contribution in [3.05, 3.63) is 46.4 Å². The molecule has 4 rings (SSSR count). The Bertz CT molecular complexity index is 1170. The van der Waals surface area contributed by atoms with Gasteiger partial charge in [-0.25, -0.2) is 0 Å². The Morgan fingerprint density at radius 2 is 2.03 bits per heavy atom. The average Bonchev–Trinajstić information content (AvgIpc) is 3.19. The third-order valence-electron chi connectivity index (χ3n) is 6.99. The average molecular weight is 466 g/mol. The highest BCUT2D eigenvalue weighted by Gasteiger charge is 2.27. The monoisotopic (exact) mass is 465 g/mol. The van der Waals surface area contributed by atoms with Crippen molar-refractivity contribution < 1.29 is 19.1 Å². The van der Waals surface area contributed by atoms with Gasteiger partial charge in [-0.2, -0.15) is 5.10 Å². The van der Waals surface area contributed by atoms with E-state index < -0.39 is 0 Å². The van der Waals surface area contributed by atoms with Crippen molar-refractivity contribution in [3.63, 3.8) is 0 Å². The summed E-state index contributed by atoms with van der Waals surface area (Å²) in [5.74, 6) is 0.645. The van der Waals surface area contributed by atoms with E-state index in [9.17, 15) is 9.59 Å². The van der Waals surface area contributed by atoms with Crippen LogP contribution in [0.25, 0.3) is 10.9 Å². The number of hydrogen-bond donors (Lipinski definition) is 0. The molecule has 2 aromatic rings. The Kier molecular flexibility index (Phi) is 7.22. The SMILES string of the molecule is CCN(c1c(C)c(C(=O)CCC2=C(OC)C=C(C)CC2=O)cc2nn(C)cc12)C1CCOCC1. The fraction of sp³-hybridized carbons (Fsp3) is 0.519. The lowest BCUT2D eigenvalue weighted by Crippen LogP contribution is -2.40. The molecule has 0 spiro atoms. The number of carbonyl (C=O) groups excluding carboxylic acids is 2. The van der Waals surface area contributed by atoms with Gasteiger partial charge in [0.25, 0.3) is 0 Å². The van der Waals surface area contributed by atoms with E-state index in [-0.39, 0.29) is 18.0 Å². The number of fused-ring (bicyclic) bond motifs is 1. The summed E-state index contributed by atoms with van der Waals surface area (Å²) in [5, 5.41) is 5.70. The van der Waals surface area contributed by atoms with Gasteiger partial charge in [-0.15, -0.1) is 0 Å². The number of benzene rings is 1. The fourth-order valence-corrected chi connectivity index (χ4v) is 5.30. The number of aromatic nitrogens is 2. The van der Waals surface area contributed by atoms with Crippen LogP contribution in [0.1, 0.15) is 61.9 Å². The molecule has 0 radical (unpaired) electrons. The highest BCUT2D eigenvalue weighted by Crippen LogP contribution is 2.36. The molecule has 34 heavy (non-hydrogen) atoms. The maximum atomic E-state index is 13.5. The van der Waals surface area contributed by atoms with Crippen molar-refractivity contribution in [1.29, 1.82) is 0 Å². The number of anilines is 1. The first-order valence-corrected chi connectivity index (χ1v) is 12.2. The summed E-state index contributed by atoms with van der Waals surface area (Å²) >= 11 is 0. The number of hydrogen-bond acceptors (Lipinski definition) is 6. The van der Waals surface area contributed by atoms with Crippen LogP contribution in [0, 0.1) is 6.92 Å². The molecular weight excluding hydrogens is 430 g/mol. The standard InChI is InChI=1S/C27H35N3O4/c1-6-30(19-9-11-34-12-10-19)27-18(3)21(15-23-22(27)16-29(4)28-23)24(31)8-7-20-25(32)13-17(2)14-26(20)33-5/h14-16,19H,6-13H2,1-5H3. The van der Waals surface area contributed by atoms with Crippen molar-refractivity contribution in [2.24, 2.45) is 7.05 Å². The number of nitrogens with zero attached hydrogens (tertiary/aromatic N) is 3. The third-order valence-corrected chi connectivity index (χ3v) is 6.99. The van der Waals surface area contributed by atoms with E-state index in [4.69, 9.17) is 9.47 Å². The molecule has 0 amide bonds. The molecule has 0 N–H and O–H groups in total. The van der Waals surface area contributed by atoms with Gasteiger partial charge < -0.3 is 14.4 Å². The quantitative estimate of drug-likeness (QED) is 0.528. The molecule has 1 saturated heterocycles. The van der Waals surface area contributed by atoms with Crippen molar-refractivity contribution >= 4 is 28.2 Å². The summed E-state index contributed by atoms with van der Waals surface area (Å²) in [4.78, 5) is 28.5. The number of ether oxygens (including phenoxy) is 2. The first kappa shape index (κ1) is 24.2. The van der Waals surface area contributed by atoms with E-state index in [2.05, 4.69) is 16.9 Å². The van der Waals surface area contributed by atoms with E-state index in [0.29, 0.717) is 35.8 Å². The number of methoxy groups -OCH3 is 1. The van der Waals surface area contributed by atoms with Gasteiger partial charge in [0.1, 0.15) is 5.76 Å². The zero-order chi connectivity index (χ0) is 24.4. The molecule has 0 unspecified atom stereocenters. The normalized spacial score (nSPS) is 17.3. The molecule has 0 saturated carbocycles. The summed E-state index contributed by atoms with van der Waals surface area (Å²) in [7, 11) is 3.48. The molecule has 1 aliphatic heterocycles. The van der Waals surface area contributed by atoms with Crippen molar-refractivity contribution in [2.45, 2.75) is 58.9 Å². The van der Waals surface area contributed by atoms with Gasteiger partial charge in [-0.1, -0.05) is 5.57 Å². The van der Waals surface area contributed by atoms with Crippen molar-refractivity contribution in [2.75, 3.05) is 31.8 Å². The van der Waals surface area contributed by atoms with Gasteiger partial charge in [-0.05, 0) is 57.7 Å². The zero-order valence-corrected chi connectivity index (χ0v) is 20.9. The van der Waals surface area contributed by atoms with Gasteiger partial charge in [-0.3, -0.25) is 14.3 Å². The summed E-state index contributed by atoms with van der Waals surface area (Å²) < 4.78 is 12.8. The van der Waals surface area contributed by atoms with Gasteiger partial charge in [0.2, 0.25) is 0 Å². The first-order valence-electron chi connectivity index (χ1n) is 12.2. The van der Waals surface area contributed by atoms with E-state index in [1.165, 1.54) is 0 Å². The lowest BCUT2D eigenvalue weighted by atomic mass is 9.90. The minimum atomic E-state index is 0.0244. The Morgan fingerprint density at radius 3 is 2.71 bits per heavy atom. The van der Waals surface area contributed by atoms with Crippen LogP contribution in [-0.2, 0) is 21.3 Å². The van der Waals surface area contributed by atoms with Crippen LogP contribution in [0.2, 0.25) is 0 Å². The molecule has 1 aromatic carbocycles. The van der Waals surface area contributed by atoms with Crippen molar-refractivity contribution in [3.8, 4) is 0 Å². The number of Topliss-reactive ketones (excluding diaryl/α,β-unsaturated/α-hetero) is 2. The van der Waals surface area contributed by atoms with Gasteiger partial charge in [0.15, 0.2) is 11.6 Å². The predicted octanol–water partition coefficient (Wildman–Crippen LogP) is 4.67. The fourth-order valence-electron chi connectivity index (χ4n) is 5.30. The van der Waals surface area contributed by atoms with Crippen LogP contribution in [0.4, 0.5) is 5.69 Å². The summed E-state index contributed by atoms with van der Waals surface area (Å²) in [6, 6.07) is 2.28.